The predicted molar refractivity (Wildman–Crippen MR) is 51.0 cm³/mol. The maximum atomic E-state index is 11.0. The van der Waals surface area contributed by atoms with Crippen molar-refractivity contribution < 1.29 is 40.6 Å². The van der Waals surface area contributed by atoms with Crippen LogP contribution in [-0.4, -0.2) is 22.0 Å². The van der Waals surface area contributed by atoms with Crippen molar-refractivity contribution in [1.29, 1.82) is 0 Å². The second-order valence-corrected chi connectivity index (χ2v) is 2.73. The molecule has 70 valence electrons. The van der Waals surface area contributed by atoms with E-state index < -0.39 is 5.78 Å². The second kappa shape index (κ2) is 5.11. The molecule has 0 N–H and O–H groups in total. The van der Waals surface area contributed by atoms with Crippen LogP contribution in [0.1, 0.15) is 11.9 Å². The largest absolute Gasteiger partial charge is 1.00 e. The quantitative estimate of drug-likeness (QED) is 0.252. The van der Waals surface area contributed by atoms with Gasteiger partial charge in [0.25, 0.3) is 0 Å². The van der Waals surface area contributed by atoms with Crippen LogP contribution in [0.4, 0.5) is 0 Å². The summed E-state index contributed by atoms with van der Waals surface area (Å²) in [4.78, 5) is 29.2. The Balaban J connectivity index is 0.00000112. The third-order valence-corrected chi connectivity index (χ3v) is 1.81. The zero-order valence-electron chi connectivity index (χ0n) is 9.18. The predicted octanol–water partition coefficient (Wildman–Crippen LogP) is -1.87. The molecule has 0 aliphatic carbocycles. The van der Waals surface area contributed by atoms with Crippen LogP contribution in [0.25, 0.3) is 11.0 Å². The number of ketones is 1. The van der Waals surface area contributed by atoms with E-state index in [1.165, 1.54) is 6.20 Å². The van der Waals surface area contributed by atoms with E-state index in [4.69, 9.17) is 0 Å². The van der Waals surface area contributed by atoms with Crippen molar-refractivity contribution in [1.82, 2.24) is 9.97 Å². The number of fused-ring (bicyclic) bond motifs is 1. The number of para-hydroxylation sites is 2. The third-order valence-electron chi connectivity index (χ3n) is 1.81. The Labute approximate surface area is 110 Å². The maximum Gasteiger partial charge on any atom is 1.00 e. The minimum Gasteiger partial charge on any atom is -1.00 e. The smallest absolute Gasteiger partial charge is 1.00 e. The number of benzene rings is 1. The van der Waals surface area contributed by atoms with Crippen LogP contribution in [0, 0.1) is 0 Å². The second-order valence-electron chi connectivity index (χ2n) is 2.73. The molecule has 0 spiro atoms. The zero-order valence-corrected chi connectivity index (χ0v) is 10.2. The summed E-state index contributed by atoms with van der Waals surface area (Å²) in [6.07, 6.45) is 1.54. The number of nitrogens with zero attached hydrogens (tertiary/aromatic N) is 2. The number of carbonyl (C=O) groups excluding carboxylic acids is 2. The standard InChI is InChI=1S/C10H6N2O2.Na.H/c13-6-10(14)9-5-11-7-3-1-2-4-8(7)12-9;;/h1-6H;;/q;+1;-1. The third kappa shape index (κ3) is 2.47. The van der Waals surface area contributed by atoms with Crippen molar-refractivity contribution in [2.75, 3.05) is 0 Å². The van der Waals surface area contributed by atoms with Crippen LogP contribution < -0.4 is 29.6 Å². The summed E-state index contributed by atoms with van der Waals surface area (Å²) in [5.74, 6) is -0.650. The maximum absolute atomic E-state index is 11.0. The van der Waals surface area contributed by atoms with Gasteiger partial charge in [-0.05, 0) is 12.1 Å². The molecule has 15 heavy (non-hydrogen) atoms. The molecule has 2 aromatic rings. The Morgan fingerprint density at radius 2 is 1.93 bits per heavy atom. The van der Waals surface area contributed by atoms with E-state index in [-0.39, 0.29) is 43.0 Å². The molecule has 0 bridgehead atoms. The van der Waals surface area contributed by atoms with Crippen molar-refractivity contribution in [3.8, 4) is 0 Å². The molecule has 1 heterocycles. The zero-order chi connectivity index (χ0) is 9.97. The normalized spacial score (nSPS) is 9.33. The molecule has 0 saturated heterocycles. The van der Waals surface area contributed by atoms with E-state index in [9.17, 15) is 9.59 Å². The van der Waals surface area contributed by atoms with Crippen LogP contribution in [0.3, 0.4) is 0 Å². The molecule has 0 unspecified atom stereocenters. The first-order chi connectivity index (χ1) is 6.81. The van der Waals surface area contributed by atoms with Crippen LogP contribution in [0.15, 0.2) is 30.5 Å². The number of Topliss-reactive ketones (excluding diaryl/α,β-unsaturated/α-hetero) is 1. The number of aromatic nitrogens is 2. The van der Waals surface area contributed by atoms with Gasteiger partial charge in [-0.1, -0.05) is 12.1 Å². The van der Waals surface area contributed by atoms with Gasteiger partial charge < -0.3 is 1.43 Å². The molecule has 0 amide bonds. The Morgan fingerprint density at radius 1 is 1.27 bits per heavy atom. The minimum absolute atomic E-state index is 0. The summed E-state index contributed by atoms with van der Waals surface area (Å²) in [6.45, 7) is 0. The van der Waals surface area contributed by atoms with Gasteiger partial charge in [0.2, 0.25) is 5.78 Å². The van der Waals surface area contributed by atoms with Gasteiger partial charge in [-0.3, -0.25) is 14.6 Å². The van der Waals surface area contributed by atoms with Gasteiger partial charge in [0.1, 0.15) is 5.69 Å². The first-order valence-electron chi connectivity index (χ1n) is 4.02. The first-order valence-corrected chi connectivity index (χ1v) is 4.02. The SMILES string of the molecule is O=CC(=O)c1cnc2ccccc2n1.[H-].[Na+]. The summed E-state index contributed by atoms with van der Waals surface area (Å²) in [7, 11) is 0. The van der Waals surface area contributed by atoms with Crippen molar-refractivity contribution >= 4 is 23.1 Å². The van der Waals surface area contributed by atoms with Gasteiger partial charge in [-0.2, -0.15) is 0 Å². The Kier molecular flexibility index (Phi) is 4.08. The molecule has 0 atom stereocenters. The van der Waals surface area contributed by atoms with Crippen LogP contribution in [-0.2, 0) is 4.79 Å². The molecular formula is C10H7N2NaO2. The summed E-state index contributed by atoms with van der Waals surface area (Å²) < 4.78 is 0. The number of hydrogen-bond acceptors (Lipinski definition) is 4. The van der Waals surface area contributed by atoms with Crippen molar-refractivity contribution in [2.45, 2.75) is 0 Å². The van der Waals surface area contributed by atoms with Crippen molar-refractivity contribution in [2.24, 2.45) is 0 Å². The molecule has 5 heteroatoms. The number of rotatable bonds is 2. The van der Waals surface area contributed by atoms with E-state index in [0.29, 0.717) is 11.0 Å². The molecular weight excluding hydrogens is 203 g/mol. The van der Waals surface area contributed by atoms with E-state index >= 15 is 0 Å². The van der Waals surface area contributed by atoms with Crippen molar-refractivity contribution in [3.05, 3.63) is 36.2 Å². The molecule has 4 nitrogen and oxygen atoms in total. The summed E-state index contributed by atoms with van der Waals surface area (Å²) in [5, 5.41) is 0. The number of hydrogen-bond donors (Lipinski definition) is 0. The average molecular weight is 210 g/mol. The van der Waals surface area contributed by atoms with E-state index in [1.807, 2.05) is 6.07 Å². The summed E-state index contributed by atoms with van der Waals surface area (Å²) in [5.41, 5.74) is 1.40. The van der Waals surface area contributed by atoms with Crippen LogP contribution in [0.2, 0.25) is 0 Å². The van der Waals surface area contributed by atoms with E-state index in [0.717, 1.165) is 0 Å². The van der Waals surface area contributed by atoms with Gasteiger partial charge in [-0.15, -0.1) is 0 Å². The Bertz CT molecular complexity index is 519. The average Bonchev–Trinajstić information content (AvgIpc) is 2.27. The fourth-order valence-electron chi connectivity index (χ4n) is 1.14. The number of aldehydes is 1. The molecule has 0 aliphatic rings. The summed E-state index contributed by atoms with van der Waals surface area (Å²) >= 11 is 0. The van der Waals surface area contributed by atoms with Crippen LogP contribution >= 0.6 is 0 Å². The van der Waals surface area contributed by atoms with Crippen LogP contribution in [0.5, 0.6) is 0 Å². The van der Waals surface area contributed by atoms with Gasteiger partial charge in [0.15, 0.2) is 6.29 Å². The first kappa shape index (κ1) is 12.0. The number of carbonyl (C=O) groups is 2. The van der Waals surface area contributed by atoms with Gasteiger partial charge in [-0.25, -0.2) is 4.98 Å². The molecule has 0 aliphatic heterocycles. The molecule has 0 fully saturated rings. The fourth-order valence-corrected chi connectivity index (χ4v) is 1.14. The molecule has 1 aromatic carbocycles. The minimum atomic E-state index is -0.650. The molecule has 0 saturated carbocycles. The Hall–Kier alpha value is -1.10. The fraction of sp³-hybridized carbons (Fsp3) is 0. The van der Waals surface area contributed by atoms with Gasteiger partial charge >= 0.3 is 29.6 Å². The molecule has 0 radical (unpaired) electrons. The Morgan fingerprint density at radius 3 is 2.60 bits per heavy atom. The van der Waals surface area contributed by atoms with E-state index in [2.05, 4.69) is 9.97 Å². The topological polar surface area (TPSA) is 59.9 Å². The van der Waals surface area contributed by atoms with Gasteiger partial charge in [0.05, 0.1) is 17.2 Å². The molecule has 2 rings (SSSR count). The van der Waals surface area contributed by atoms with Gasteiger partial charge in [0, 0.05) is 0 Å². The van der Waals surface area contributed by atoms with Crippen molar-refractivity contribution in [3.63, 3.8) is 0 Å². The monoisotopic (exact) mass is 210 g/mol. The molecule has 1 aromatic heterocycles. The summed E-state index contributed by atoms with van der Waals surface area (Å²) in [6, 6.07) is 7.16. The van der Waals surface area contributed by atoms with E-state index in [1.54, 1.807) is 18.2 Å².